The van der Waals surface area contributed by atoms with Gasteiger partial charge in [-0.05, 0) is 35.3 Å². The SMILES string of the molecule is Clc1ccc(Cc2cc(Cl)sn2)cc1. The van der Waals surface area contributed by atoms with Crippen LogP contribution < -0.4 is 0 Å². The number of hydrogen-bond donors (Lipinski definition) is 0. The third kappa shape index (κ3) is 2.47. The highest BCUT2D eigenvalue weighted by Gasteiger charge is 2.01. The molecule has 0 N–H and O–H groups in total. The Balaban J connectivity index is 2.15. The van der Waals surface area contributed by atoms with Crippen LogP contribution in [0.2, 0.25) is 9.36 Å². The fraction of sp³-hybridized carbons (Fsp3) is 0.100. The van der Waals surface area contributed by atoms with Crippen LogP contribution in [0.1, 0.15) is 11.3 Å². The maximum Gasteiger partial charge on any atom is 0.114 e. The first-order chi connectivity index (χ1) is 6.74. The molecule has 0 bridgehead atoms. The molecule has 0 saturated heterocycles. The number of halogens is 2. The maximum absolute atomic E-state index is 5.79. The highest BCUT2D eigenvalue weighted by Crippen LogP contribution is 2.19. The summed E-state index contributed by atoms with van der Waals surface area (Å²) in [5.74, 6) is 0. The molecule has 4 heteroatoms. The zero-order chi connectivity index (χ0) is 9.97. The molecular weight excluding hydrogens is 237 g/mol. The zero-order valence-electron chi connectivity index (χ0n) is 7.21. The van der Waals surface area contributed by atoms with Crippen LogP contribution in [-0.4, -0.2) is 4.37 Å². The van der Waals surface area contributed by atoms with Gasteiger partial charge in [-0.3, -0.25) is 0 Å². The Bertz CT molecular complexity index is 422. The summed E-state index contributed by atoms with van der Waals surface area (Å²) in [7, 11) is 0. The molecule has 1 heterocycles. The molecule has 14 heavy (non-hydrogen) atoms. The van der Waals surface area contributed by atoms with Crippen LogP contribution in [0.4, 0.5) is 0 Å². The predicted octanol–water partition coefficient (Wildman–Crippen LogP) is 4.04. The average molecular weight is 244 g/mol. The van der Waals surface area contributed by atoms with Crippen molar-refractivity contribution in [2.24, 2.45) is 0 Å². The van der Waals surface area contributed by atoms with Crippen molar-refractivity contribution >= 4 is 34.7 Å². The number of hydrogen-bond acceptors (Lipinski definition) is 2. The van der Waals surface area contributed by atoms with Crippen LogP contribution in [0.5, 0.6) is 0 Å². The van der Waals surface area contributed by atoms with E-state index in [2.05, 4.69) is 4.37 Å². The quantitative estimate of drug-likeness (QED) is 0.776. The molecule has 2 aromatic rings. The van der Waals surface area contributed by atoms with Gasteiger partial charge in [-0.25, -0.2) is 0 Å². The van der Waals surface area contributed by atoms with Gasteiger partial charge in [0.1, 0.15) is 4.34 Å². The topological polar surface area (TPSA) is 12.9 Å². The van der Waals surface area contributed by atoms with Crippen LogP contribution >= 0.6 is 34.7 Å². The molecule has 0 amide bonds. The summed E-state index contributed by atoms with van der Waals surface area (Å²) in [6.45, 7) is 0. The Kier molecular flexibility index (Phi) is 3.06. The predicted molar refractivity (Wildman–Crippen MR) is 61.4 cm³/mol. The molecule has 1 aromatic heterocycles. The van der Waals surface area contributed by atoms with E-state index < -0.39 is 0 Å². The molecule has 0 spiro atoms. The largest absolute Gasteiger partial charge is 0.196 e. The Hall–Kier alpha value is -0.570. The molecule has 0 fully saturated rings. The first-order valence-corrected chi connectivity index (χ1v) is 5.62. The minimum atomic E-state index is 0.731. The second-order valence-corrected chi connectivity index (χ2v) is 4.80. The number of aromatic nitrogens is 1. The lowest BCUT2D eigenvalue weighted by Crippen LogP contribution is -1.86. The zero-order valence-corrected chi connectivity index (χ0v) is 9.53. The molecular formula is C10H7Cl2NS. The van der Waals surface area contributed by atoms with E-state index in [-0.39, 0.29) is 0 Å². The van der Waals surface area contributed by atoms with Gasteiger partial charge in [0.2, 0.25) is 0 Å². The van der Waals surface area contributed by atoms with Crippen molar-refractivity contribution in [2.45, 2.75) is 6.42 Å². The maximum atomic E-state index is 5.79. The molecule has 0 aliphatic rings. The highest BCUT2D eigenvalue weighted by molar-refractivity contribution is 7.10. The first kappa shape index (κ1) is 9.97. The van der Waals surface area contributed by atoms with E-state index in [0.717, 1.165) is 21.5 Å². The first-order valence-electron chi connectivity index (χ1n) is 4.09. The molecule has 2 rings (SSSR count). The fourth-order valence-electron chi connectivity index (χ4n) is 1.18. The molecule has 0 radical (unpaired) electrons. The molecule has 0 unspecified atom stereocenters. The molecule has 0 saturated carbocycles. The monoisotopic (exact) mass is 243 g/mol. The third-order valence-corrected chi connectivity index (χ3v) is 3.01. The summed E-state index contributed by atoms with van der Waals surface area (Å²) in [5.41, 5.74) is 2.19. The third-order valence-electron chi connectivity index (χ3n) is 1.83. The Labute approximate surface area is 96.5 Å². The lowest BCUT2D eigenvalue weighted by Gasteiger charge is -1.97. The van der Waals surface area contributed by atoms with E-state index in [1.54, 1.807) is 0 Å². The second-order valence-electron chi connectivity index (χ2n) is 2.93. The normalized spacial score (nSPS) is 10.4. The number of nitrogens with zero attached hydrogens (tertiary/aromatic N) is 1. The van der Waals surface area contributed by atoms with Gasteiger partial charge in [0.25, 0.3) is 0 Å². The van der Waals surface area contributed by atoms with Gasteiger partial charge in [0, 0.05) is 11.4 Å². The average Bonchev–Trinajstić information content (AvgIpc) is 2.56. The van der Waals surface area contributed by atoms with Crippen LogP contribution in [0.15, 0.2) is 30.3 Å². The molecule has 0 aliphatic heterocycles. The number of rotatable bonds is 2. The van der Waals surface area contributed by atoms with Gasteiger partial charge in [-0.2, -0.15) is 4.37 Å². The van der Waals surface area contributed by atoms with Crippen molar-refractivity contribution in [1.29, 1.82) is 0 Å². The van der Waals surface area contributed by atoms with E-state index in [4.69, 9.17) is 23.2 Å². The summed E-state index contributed by atoms with van der Waals surface area (Å²) >= 11 is 12.9. The molecule has 0 aliphatic carbocycles. The van der Waals surface area contributed by atoms with Crippen molar-refractivity contribution in [2.75, 3.05) is 0 Å². The van der Waals surface area contributed by atoms with Crippen molar-refractivity contribution in [3.8, 4) is 0 Å². The lowest BCUT2D eigenvalue weighted by atomic mass is 10.1. The molecule has 72 valence electrons. The van der Waals surface area contributed by atoms with Crippen molar-refractivity contribution in [3.63, 3.8) is 0 Å². The van der Waals surface area contributed by atoms with Crippen molar-refractivity contribution in [3.05, 3.63) is 50.9 Å². The minimum Gasteiger partial charge on any atom is -0.196 e. The van der Waals surface area contributed by atoms with Crippen LogP contribution in [0, 0.1) is 0 Å². The van der Waals surface area contributed by atoms with Gasteiger partial charge < -0.3 is 0 Å². The summed E-state index contributed by atoms with van der Waals surface area (Å²) in [6, 6.07) is 9.64. The minimum absolute atomic E-state index is 0.731. The molecule has 1 nitrogen and oxygen atoms in total. The fourth-order valence-corrected chi connectivity index (χ4v) is 2.05. The van der Waals surface area contributed by atoms with E-state index >= 15 is 0 Å². The van der Waals surface area contributed by atoms with Crippen LogP contribution in [0.25, 0.3) is 0 Å². The summed E-state index contributed by atoms with van der Waals surface area (Å²) in [4.78, 5) is 0. The molecule has 0 atom stereocenters. The van der Waals surface area contributed by atoms with Crippen LogP contribution in [-0.2, 0) is 6.42 Å². The summed E-state index contributed by atoms with van der Waals surface area (Å²) < 4.78 is 4.94. The Morgan fingerprint density at radius 3 is 2.43 bits per heavy atom. The smallest absolute Gasteiger partial charge is 0.114 e. The lowest BCUT2D eigenvalue weighted by molar-refractivity contribution is 1.14. The van der Waals surface area contributed by atoms with Crippen molar-refractivity contribution < 1.29 is 0 Å². The van der Waals surface area contributed by atoms with E-state index in [1.807, 2.05) is 30.3 Å². The van der Waals surface area contributed by atoms with Crippen LogP contribution in [0.3, 0.4) is 0 Å². The summed E-state index contributed by atoms with van der Waals surface area (Å²) in [6.07, 6.45) is 0.806. The van der Waals surface area contributed by atoms with E-state index in [1.165, 1.54) is 17.1 Å². The van der Waals surface area contributed by atoms with Gasteiger partial charge in [0.05, 0.1) is 5.69 Å². The second kappa shape index (κ2) is 4.30. The van der Waals surface area contributed by atoms with Gasteiger partial charge >= 0.3 is 0 Å². The van der Waals surface area contributed by atoms with E-state index in [9.17, 15) is 0 Å². The van der Waals surface area contributed by atoms with E-state index in [0.29, 0.717) is 0 Å². The van der Waals surface area contributed by atoms with Gasteiger partial charge in [-0.1, -0.05) is 35.3 Å². The summed E-state index contributed by atoms with van der Waals surface area (Å²) in [5, 5.41) is 0.755. The Morgan fingerprint density at radius 2 is 1.86 bits per heavy atom. The molecule has 1 aromatic carbocycles. The highest BCUT2D eigenvalue weighted by atomic mass is 35.5. The van der Waals surface area contributed by atoms with Crippen molar-refractivity contribution in [1.82, 2.24) is 4.37 Å². The standard InChI is InChI=1S/C10H7Cl2NS/c11-8-3-1-7(2-4-8)5-9-6-10(12)14-13-9/h1-4,6H,5H2. The van der Waals surface area contributed by atoms with Gasteiger partial charge in [-0.15, -0.1) is 0 Å². The Morgan fingerprint density at radius 1 is 1.14 bits per heavy atom. The number of benzene rings is 1. The van der Waals surface area contributed by atoms with Gasteiger partial charge in [0.15, 0.2) is 0 Å².